The predicted molar refractivity (Wildman–Crippen MR) is 144 cm³/mol. The van der Waals surface area contributed by atoms with Crippen molar-refractivity contribution in [3.05, 3.63) is 71.4 Å². The van der Waals surface area contributed by atoms with Gasteiger partial charge in [-0.2, -0.15) is 20.2 Å². The van der Waals surface area contributed by atoms with E-state index in [0.29, 0.717) is 18.2 Å². The summed E-state index contributed by atoms with van der Waals surface area (Å²) >= 11 is 2.02. The van der Waals surface area contributed by atoms with Gasteiger partial charge < -0.3 is 4.57 Å². The summed E-state index contributed by atoms with van der Waals surface area (Å²) in [6.45, 7) is 5.82. The fourth-order valence-electron chi connectivity index (χ4n) is 5.89. The molecule has 5 rings (SSSR count). The van der Waals surface area contributed by atoms with Crippen LogP contribution in [0, 0.1) is 5.92 Å². The van der Waals surface area contributed by atoms with E-state index in [1.807, 2.05) is 11.8 Å². The highest BCUT2D eigenvalue weighted by Crippen LogP contribution is 2.45. The number of fused-ring (bicyclic) bond motifs is 2. The van der Waals surface area contributed by atoms with E-state index in [2.05, 4.69) is 77.4 Å². The van der Waals surface area contributed by atoms with Crippen LogP contribution < -0.4 is 0 Å². The zero-order chi connectivity index (χ0) is 24.3. The molecule has 1 N–H and O–H groups in total. The van der Waals surface area contributed by atoms with Gasteiger partial charge >= 0.3 is 0 Å². The smallest absolute Gasteiger partial charge is 0.261 e. The van der Waals surface area contributed by atoms with Gasteiger partial charge in [0, 0.05) is 42.1 Å². The second-order valence-electron chi connectivity index (χ2n) is 9.67. The lowest BCUT2D eigenvalue weighted by Crippen LogP contribution is -2.50. The number of benzene rings is 2. The van der Waals surface area contributed by atoms with E-state index >= 15 is 0 Å². The highest BCUT2D eigenvalue weighted by atomic mass is 32.2. The molecule has 1 aliphatic heterocycles. The topological polar surface area (TPSA) is 62.5 Å². The molecule has 0 radical (unpaired) electrons. The van der Waals surface area contributed by atoms with E-state index in [1.54, 1.807) is 16.5 Å². The first-order chi connectivity index (χ1) is 16.3. The lowest BCUT2D eigenvalue weighted by Gasteiger charge is -2.47. The summed E-state index contributed by atoms with van der Waals surface area (Å²) in [4.78, 5) is 2.82. The maximum Gasteiger partial charge on any atom is 0.261 e. The molecule has 3 aromatic rings. The Balaban J connectivity index is 0.000000499. The highest BCUT2D eigenvalue weighted by molar-refractivity contribution is 7.98. The van der Waals surface area contributed by atoms with Crippen molar-refractivity contribution in [2.45, 2.75) is 44.7 Å². The summed E-state index contributed by atoms with van der Waals surface area (Å²) in [5, 5.41) is 1.56. The van der Waals surface area contributed by atoms with Crippen molar-refractivity contribution in [2.75, 3.05) is 31.4 Å². The number of aromatic nitrogens is 1. The summed E-state index contributed by atoms with van der Waals surface area (Å²) in [5.74, 6) is 2.80. The van der Waals surface area contributed by atoms with Crippen molar-refractivity contribution in [2.24, 2.45) is 5.92 Å². The van der Waals surface area contributed by atoms with Gasteiger partial charge in [0.15, 0.2) is 0 Å². The lowest BCUT2D eigenvalue weighted by atomic mass is 9.72. The van der Waals surface area contributed by atoms with Crippen LogP contribution in [0.15, 0.2) is 54.7 Å². The zero-order valence-corrected chi connectivity index (χ0v) is 22.0. The van der Waals surface area contributed by atoms with Gasteiger partial charge in [-0.3, -0.25) is 9.45 Å². The minimum Gasteiger partial charge on any atom is -0.343 e. The average molecular weight is 501 g/mol. The Hall–Kier alpha value is -1.80. The van der Waals surface area contributed by atoms with Crippen molar-refractivity contribution in [1.29, 1.82) is 0 Å². The number of likely N-dealkylation sites (tertiary alicyclic amines) is 1. The fraction of sp³-hybridized carbons (Fsp3) is 0.481. The number of nitrogens with zero attached hydrogens (tertiary/aromatic N) is 2. The second kappa shape index (κ2) is 10.9. The van der Waals surface area contributed by atoms with Gasteiger partial charge in [-0.25, -0.2) is 0 Å². The minimum atomic E-state index is -3.67. The molecule has 0 bridgehead atoms. The van der Waals surface area contributed by atoms with Crippen molar-refractivity contribution in [3.63, 3.8) is 0 Å². The highest BCUT2D eigenvalue weighted by Gasteiger charge is 2.40. The van der Waals surface area contributed by atoms with Crippen molar-refractivity contribution < 1.29 is 13.0 Å². The number of piperidine rings is 1. The third-order valence-electron chi connectivity index (χ3n) is 6.97. The Bertz CT molecular complexity index is 1200. The molecule has 0 amide bonds. The standard InChI is InChI=1S/C26H32N2S.CH4O3S/c1-3-12-27-16-20(18-29-2)13-23-22-10-7-11-24-26(22)21(14-25(23)27)17-28(24)15-19-8-5-4-6-9-19;1-5(2,3)4/h4-11,17,20,23,25H,3,12-16,18H2,1-2H3;1H3,(H,2,3,4)/t20-,23-,25-;/m1./s1. The molecule has 1 fully saturated rings. The number of hydrogen-bond donors (Lipinski definition) is 1. The first-order valence-electron chi connectivity index (χ1n) is 12.1. The molecule has 34 heavy (non-hydrogen) atoms. The van der Waals surface area contributed by atoms with Gasteiger partial charge in [0.25, 0.3) is 10.1 Å². The van der Waals surface area contributed by atoms with E-state index in [9.17, 15) is 8.42 Å². The Kier molecular flexibility index (Phi) is 8.08. The molecule has 7 heteroatoms. The summed E-state index contributed by atoms with van der Waals surface area (Å²) in [6.07, 6.45) is 9.25. The van der Waals surface area contributed by atoms with Crippen LogP contribution in [-0.4, -0.2) is 59.8 Å². The van der Waals surface area contributed by atoms with Crippen molar-refractivity contribution >= 4 is 32.8 Å². The maximum absolute atomic E-state index is 9.19. The van der Waals surface area contributed by atoms with Crippen LogP contribution in [0.2, 0.25) is 0 Å². The molecule has 0 spiro atoms. The van der Waals surface area contributed by atoms with Gasteiger partial charge in [-0.15, -0.1) is 0 Å². The average Bonchev–Trinajstić information content (AvgIpc) is 3.13. The van der Waals surface area contributed by atoms with Gasteiger partial charge in [-0.1, -0.05) is 49.4 Å². The second-order valence-corrected chi connectivity index (χ2v) is 12.0. The van der Waals surface area contributed by atoms with E-state index in [0.717, 1.165) is 12.5 Å². The maximum atomic E-state index is 9.19. The van der Waals surface area contributed by atoms with E-state index in [4.69, 9.17) is 4.55 Å². The molecule has 3 atom stereocenters. The van der Waals surface area contributed by atoms with Crippen LogP contribution in [-0.2, 0) is 23.1 Å². The quantitative estimate of drug-likeness (QED) is 0.466. The molecule has 2 aliphatic rings. The van der Waals surface area contributed by atoms with E-state index in [1.165, 1.54) is 49.2 Å². The molecule has 2 aromatic carbocycles. The fourth-order valence-corrected chi connectivity index (χ4v) is 6.60. The summed E-state index contributed by atoms with van der Waals surface area (Å²) in [7, 11) is -3.67. The van der Waals surface area contributed by atoms with E-state index < -0.39 is 10.1 Å². The van der Waals surface area contributed by atoms with Crippen LogP contribution >= 0.6 is 11.8 Å². The van der Waals surface area contributed by atoms with Gasteiger partial charge in [0.2, 0.25) is 0 Å². The molecular weight excluding hydrogens is 464 g/mol. The predicted octanol–water partition coefficient (Wildman–Crippen LogP) is 5.30. The van der Waals surface area contributed by atoms with Crippen molar-refractivity contribution in [1.82, 2.24) is 9.47 Å². The Morgan fingerprint density at radius 1 is 1.12 bits per heavy atom. The largest absolute Gasteiger partial charge is 0.343 e. The number of rotatable bonds is 6. The number of hydrogen-bond acceptors (Lipinski definition) is 4. The van der Waals surface area contributed by atoms with E-state index in [-0.39, 0.29) is 0 Å². The SMILES string of the molecule is CCCN1C[C@H](CSC)C[C@@H]2c3cccc4c3c(cn4Cc3ccccc3)C[C@H]21.CS(=O)(=O)O. The van der Waals surface area contributed by atoms with Gasteiger partial charge in [0.05, 0.1) is 6.26 Å². The molecule has 184 valence electrons. The Morgan fingerprint density at radius 3 is 2.53 bits per heavy atom. The first-order valence-corrected chi connectivity index (χ1v) is 15.3. The van der Waals surface area contributed by atoms with Crippen LogP contribution in [0.3, 0.4) is 0 Å². The molecule has 2 heterocycles. The third-order valence-corrected chi connectivity index (χ3v) is 7.77. The third kappa shape index (κ3) is 5.88. The summed E-state index contributed by atoms with van der Waals surface area (Å²) in [5.41, 5.74) is 5.99. The molecular formula is C27H36N2O3S2. The molecule has 1 aliphatic carbocycles. The molecule has 1 saturated heterocycles. The minimum absolute atomic E-state index is 0.679. The zero-order valence-electron chi connectivity index (χ0n) is 20.4. The molecule has 0 unspecified atom stereocenters. The Morgan fingerprint density at radius 2 is 1.85 bits per heavy atom. The Labute approximate surface area is 208 Å². The van der Waals surface area contributed by atoms with Gasteiger partial charge in [0.1, 0.15) is 0 Å². The van der Waals surface area contributed by atoms with Crippen LogP contribution in [0.25, 0.3) is 10.9 Å². The number of thioether (sulfide) groups is 1. The van der Waals surface area contributed by atoms with Gasteiger partial charge in [-0.05, 0) is 66.5 Å². The van der Waals surface area contributed by atoms with Crippen LogP contribution in [0.1, 0.15) is 42.4 Å². The molecule has 0 saturated carbocycles. The summed E-state index contributed by atoms with van der Waals surface area (Å²) in [6, 6.07) is 18.6. The molecule has 5 nitrogen and oxygen atoms in total. The summed E-state index contributed by atoms with van der Waals surface area (Å²) < 4.78 is 28.4. The molecule has 1 aromatic heterocycles. The monoisotopic (exact) mass is 500 g/mol. The lowest BCUT2D eigenvalue weighted by molar-refractivity contribution is 0.0926. The normalized spacial score (nSPS) is 22.2. The van der Waals surface area contributed by atoms with Crippen molar-refractivity contribution in [3.8, 4) is 0 Å². The van der Waals surface area contributed by atoms with Crippen LogP contribution in [0.5, 0.6) is 0 Å². The van der Waals surface area contributed by atoms with Crippen LogP contribution in [0.4, 0.5) is 0 Å². The first kappa shape index (κ1) is 25.3.